The van der Waals surface area contributed by atoms with E-state index in [-0.39, 0.29) is 5.78 Å². The number of hydrogen-bond donors (Lipinski definition) is 2. The molecule has 0 aliphatic carbocycles. The van der Waals surface area contributed by atoms with E-state index < -0.39 is 6.03 Å². The third-order valence-electron chi connectivity index (χ3n) is 1.73. The van der Waals surface area contributed by atoms with Gasteiger partial charge in [-0.3, -0.25) is 4.79 Å². The summed E-state index contributed by atoms with van der Waals surface area (Å²) in [5.41, 5.74) is 6.13. The molecule has 0 spiro atoms. The summed E-state index contributed by atoms with van der Waals surface area (Å²) in [6, 6.07) is 5.78. The number of nitrogens with zero attached hydrogens (tertiary/aromatic N) is 1. The van der Waals surface area contributed by atoms with Crippen LogP contribution < -0.4 is 10.0 Å². The third kappa shape index (κ3) is 2.26. The van der Waals surface area contributed by atoms with E-state index in [1.54, 1.807) is 24.3 Å². The maximum atomic E-state index is 10.9. The van der Waals surface area contributed by atoms with Gasteiger partial charge in [-0.25, -0.2) is 9.10 Å². The Balaban J connectivity index is 2.94. The van der Waals surface area contributed by atoms with Crippen molar-refractivity contribution in [1.29, 1.82) is 0 Å². The number of rotatable bonds is 2. The number of thiol groups is 1. The molecule has 5 heteroatoms. The Labute approximate surface area is 87.2 Å². The lowest BCUT2D eigenvalue weighted by atomic mass is 10.1. The van der Waals surface area contributed by atoms with Gasteiger partial charge in [0.15, 0.2) is 5.78 Å². The third-order valence-corrected chi connectivity index (χ3v) is 2.16. The Morgan fingerprint density at radius 1 is 1.29 bits per heavy atom. The first-order valence-corrected chi connectivity index (χ1v) is 4.32. The van der Waals surface area contributed by atoms with Crippen LogP contribution in [0.25, 0.3) is 0 Å². The highest BCUT2D eigenvalue weighted by Gasteiger charge is 2.07. The quantitative estimate of drug-likeness (QED) is 0.575. The maximum absolute atomic E-state index is 10.9. The van der Waals surface area contributed by atoms with Crippen LogP contribution in [0.2, 0.25) is 0 Å². The minimum Gasteiger partial charge on any atom is -0.350 e. The van der Waals surface area contributed by atoms with Gasteiger partial charge in [-0.1, -0.05) is 12.8 Å². The first-order valence-electron chi connectivity index (χ1n) is 3.92. The van der Waals surface area contributed by atoms with Crippen LogP contribution in [0.4, 0.5) is 10.5 Å². The average molecular weight is 210 g/mol. The smallest absolute Gasteiger partial charge is 0.329 e. The number of hydrogen-bond acceptors (Lipinski definition) is 3. The van der Waals surface area contributed by atoms with Crippen LogP contribution in [-0.2, 0) is 0 Å². The molecule has 2 amide bonds. The second kappa shape index (κ2) is 4.15. The van der Waals surface area contributed by atoms with Gasteiger partial charge in [0.2, 0.25) is 0 Å². The summed E-state index contributed by atoms with van der Waals surface area (Å²) in [7, 11) is 0. The summed E-state index contributed by atoms with van der Waals surface area (Å²) in [6.07, 6.45) is 0. The summed E-state index contributed by atoms with van der Waals surface area (Å²) in [4.78, 5) is 21.7. The lowest BCUT2D eigenvalue weighted by Gasteiger charge is -2.12. The first kappa shape index (κ1) is 10.6. The number of carbonyl (C=O) groups is 2. The summed E-state index contributed by atoms with van der Waals surface area (Å²) >= 11 is 3.87. The van der Waals surface area contributed by atoms with E-state index in [1.165, 1.54) is 6.92 Å². The molecule has 1 aromatic rings. The zero-order chi connectivity index (χ0) is 10.7. The Hall–Kier alpha value is -1.49. The highest BCUT2D eigenvalue weighted by atomic mass is 32.1. The molecule has 1 aromatic carbocycles. The summed E-state index contributed by atoms with van der Waals surface area (Å²) in [5.74, 6) is -0.0265. The number of ketones is 1. The molecule has 0 radical (unpaired) electrons. The molecule has 14 heavy (non-hydrogen) atoms. The molecule has 74 valence electrons. The van der Waals surface area contributed by atoms with Crippen LogP contribution in [0.15, 0.2) is 24.3 Å². The number of nitrogens with two attached hydrogens (primary N) is 1. The van der Waals surface area contributed by atoms with Crippen molar-refractivity contribution < 1.29 is 9.59 Å². The topological polar surface area (TPSA) is 63.4 Å². The Morgan fingerprint density at radius 3 is 2.14 bits per heavy atom. The van der Waals surface area contributed by atoms with Crippen LogP contribution in [0, 0.1) is 0 Å². The maximum Gasteiger partial charge on any atom is 0.329 e. The molecular weight excluding hydrogens is 200 g/mol. The fourth-order valence-corrected chi connectivity index (χ4v) is 1.10. The van der Waals surface area contributed by atoms with Crippen molar-refractivity contribution in [2.75, 3.05) is 4.31 Å². The van der Waals surface area contributed by atoms with Gasteiger partial charge in [-0.2, -0.15) is 0 Å². The molecule has 0 fully saturated rings. The van der Waals surface area contributed by atoms with Crippen LogP contribution in [0.3, 0.4) is 0 Å². The lowest BCUT2D eigenvalue weighted by Crippen LogP contribution is -2.27. The fraction of sp³-hybridized carbons (Fsp3) is 0.111. The largest absolute Gasteiger partial charge is 0.350 e. The van der Waals surface area contributed by atoms with Gasteiger partial charge < -0.3 is 5.73 Å². The van der Waals surface area contributed by atoms with Gasteiger partial charge >= 0.3 is 6.03 Å². The second-order valence-corrected chi connectivity index (χ2v) is 3.15. The predicted octanol–water partition coefficient (Wildman–Crippen LogP) is 1.62. The number of anilines is 1. The molecule has 4 nitrogen and oxygen atoms in total. The molecule has 2 N–H and O–H groups in total. The van der Waals surface area contributed by atoms with Crippen LogP contribution >= 0.6 is 12.8 Å². The van der Waals surface area contributed by atoms with E-state index in [9.17, 15) is 9.59 Å². The van der Waals surface area contributed by atoms with Crippen molar-refractivity contribution in [2.45, 2.75) is 6.92 Å². The van der Waals surface area contributed by atoms with Crippen LogP contribution in [0.5, 0.6) is 0 Å². The minimum absolute atomic E-state index is 0.0265. The zero-order valence-corrected chi connectivity index (χ0v) is 8.49. The summed E-state index contributed by atoms with van der Waals surface area (Å²) in [6.45, 7) is 1.47. The standard InChI is InChI=1S/C9H10N2O2S/c1-6(12)7-2-4-8(5-3-7)11(14)9(10)13/h2-5,14H,1H3,(H2,10,13). The van der Waals surface area contributed by atoms with Crippen molar-refractivity contribution >= 4 is 30.3 Å². The van der Waals surface area contributed by atoms with E-state index >= 15 is 0 Å². The summed E-state index contributed by atoms with van der Waals surface area (Å²) in [5, 5.41) is 0. The fourth-order valence-electron chi connectivity index (χ4n) is 0.965. The molecule has 0 aromatic heterocycles. The first-order chi connectivity index (χ1) is 6.52. The monoisotopic (exact) mass is 210 g/mol. The average Bonchev–Trinajstić information content (AvgIpc) is 2.16. The Kier molecular flexibility index (Phi) is 3.14. The van der Waals surface area contributed by atoms with Gasteiger partial charge in [0.05, 0.1) is 5.69 Å². The van der Waals surface area contributed by atoms with Crippen molar-refractivity contribution in [3.05, 3.63) is 29.8 Å². The number of urea groups is 1. The number of carbonyl (C=O) groups excluding carboxylic acids is 2. The highest BCUT2D eigenvalue weighted by Crippen LogP contribution is 2.16. The van der Waals surface area contributed by atoms with Gasteiger partial charge in [0.25, 0.3) is 0 Å². The number of amides is 2. The molecule has 0 unspecified atom stereocenters. The van der Waals surface area contributed by atoms with Gasteiger partial charge in [-0.05, 0) is 31.2 Å². The molecule has 0 aliphatic rings. The molecule has 0 aliphatic heterocycles. The Morgan fingerprint density at radius 2 is 1.79 bits per heavy atom. The zero-order valence-electron chi connectivity index (χ0n) is 7.60. The number of primary amides is 1. The number of benzene rings is 1. The van der Waals surface area contributed by atoms with Crippen molar-refractivity contribution in [3.8, 4) is 0 Å². The molecule has 0 heterocycles. The molecule has 0 saturated carbocycles. The second-order valence-electron chi connectivity index (χ2n) is 2.75. The number of Topliss-reactive ketones (excluding diaryl/α,β-unsaturated/α-hetero) is 1. The Bertz CT molecular complexity index is 362. The van der Waals surface area contributed by atoms with E-state index in [1.807, 2.05) is 0 Å². The van der Waals surface area contributed by atoms with E-state index in [0.717, 1.165) is 4.31 Å². The summed E-state index contributed by atoms with van der Waals surface area (Å²) < 4.78 is 1.00. The molecule has 0 atom stereocenters. The van der Waals surface area contributed by atoms with Gasteiger partial charge in [-0.15, -0.1) is 0 Å². The van der Waals surface area contributed by atoms with Crippen molar-refractivity contribution in [1.82, 2.24) is 0 Å². The molecule has 0 saturated heterocycles. The van der Waals surface area contributed by atoms with Crippen molar-refractivity contribution in [3.63, 3.8) is 0 Å². The molecular formula is C9H10N2O2S. The SMILES string of the molecule is CC(=O)c1ccc(N(S)C(N)=O)cc1. The van der Waals surface area contributed by atoms with E-state index in [2.05, 4.69) is 12.8 Å². The van der Waals surface area contributed by atoms with E-state index in [4.69, 9.17) is 5.73 Å². The predicted molar refractivity (Wildman–Crippen MR) is 57.5 cm³/mol. The van der Waals surface area contributed by atoms with Gasteiger partial charge in [0, 0.05) is 5.56 Å². The lowest BCUT2D eigenvalue weighted by molar-refractivity contribution is 0.101. The van der Waals surface area contributed by atoms with Gasteiger partial charge in [0.1, 0.15) is 0 Å². The molecule has 1 rings (SSSR count). The highest BCUT2D eigenvalue weighted by molar-refractivity contribution is 7.82. The van der Waals surface area contributed by atoms with Crippen LogP contribution in [0.1, 0.15) is 17.3 Å². The minimum atomic E-state index is -0.663. The van der Waals surface area contributed by atoms with Crippen LogP contribution in [-0.4, -0.2) is 11.8 Å². The van der Waals surface area contributed by atoms with E-state index in [0.29, 0.717) is 11.3 Å². The van der Waals surface area contributed by atoms with Crippen molar-refractivity contribution in [2.24, 2.45) is 5.73 Å². The molecule has 0 bridgehead atoms. The normalized spacial score (nSPS) is 9.57.